The Morgan fingerprint density at radius 2 is 2.17 bits per heavy atom. The van der Waals surface area contributed by atoms with Crippen LogP contribution in [0.25, 0.3) is 0 Å². The van der Waals surface area contributed by atoms with Crippen molar-refractivity contribution in [2.45, 2.75) is 50.7 Å². The summed E-state index contributed by atoms with van der Waals surface area (Å²) in [5.74, 6) is 2.14. The first-order valence-corrected chi connectivity index (χ1v) is 7.34. The highest BCUT2D eigenvalue weighted by molar-refractivity contribution is 5.43. The average molecular weight is 243 g/mol. The molecule has 2 heterocycles. The fraction of sp³-hybridized carbons (Fsp3) is 0.667. The number of hydrogen-bond donors (Lipinski definition) is 1. The van der Waals surface area contributed by atoms with Crippen molar-refractivity contribution in [3.8, 4) is 0 Å². The van der Waals surface area contributed by atoms with Crippen LogP contribution in [-0.2, 0) is 6.54 Å². The fourth-order valence-corrected chi connectivity index (χ4v) is 3.47. The molecule has 3 fully saturated rings. The Hall–Kier alpha value is -1.09. The van der Waals surface area contributed by atoms with Crippen LogP contribution in [0.1, 0.15) is 37.8 Å². The van der Waals surface area contributed by atoms with Gasteiger partial charge in [0.15, 0.2) is 0 Å². The van der Waals surface area contributed by atoms with Crippen LogP contribution < -0.4 is 10.2 Å². The molecule has 4 rings (SSSR count). The summed E-state index contributed by atoms with van der Waals surface area (Å²) in [7, 11) is 0. The average Bonchev–Trinajstić information content (AvgIpc) is 3.00. The molecule has 1 N–H and O–H groups in total. The summed E-state index contributed by atoms with van der Waals surface area (Å²) in [5, 5.41) is 3.54. The first kappa shape index (κ1) is 10.8. The van der Waals surface area contributed by atoms with Gasteiger partial charge in [0.05, 0.1) is 5.69 Å². The molecule has 2 saturated carbocycles. The molecule has 2 unspecified atom stereocenters. The molecule has 0 aromatic carbocycles. The number of hydrogen-bond acceptors (Lipinski definition) is 3. The summed E-state index contributed by atoms with van der Waals surface area (Å²) in [6, 6.07) is 8.03. The van der Waals surface area contributed by atoms with Crippen LogP contribution in [0.2, 0.25) is 0 Å². The second-order valence-electron chi connectivity index (χ2n) is 6.13. The minimum atomic E-state index is 0.762. The highest BCUT2D eigenvalue weighted by Crippen LogP contribution is 2.39. The lowest BCUT2D eigenvalue weighted by Gasteiger charge is -2.28. The maximum Gasteiger partial charge on any atom is 0.129 e. The van der Waals surface area contributed by atoms with Gasteiger partial charge >= 0.3 is 0 Å². The van der Waals surface area contributed by atoms with Crippen molar-refractivity contribution in [3.05, 3.63) is 23.9 Å². The molecule has 1 saturated heterocycles. The van der Waals surface area contributed by atoms with Gasteiger partial charge in [0.2, 0.25) is 0 Å². The fourth-order valence-electron chi connectivity index (χ4n) is 3.47. The Morgan fingerprint density at radius 1 is 1.22 bits per heavy atom. The summed E-state index contributed by atoms with van der Waals surface area (Å²) in [4.78, 5) is 7.37. The lowest BCUT2D eigenvalue weighted by atomic mass is 10.1. The molecule has 1 aromatic rings. The van der Waals surface area contributed by atoms with Gasteiger partial charge in [0, 0.05) is 25.2 Å². The second-order valence-corrected chi connectivity index (χ2v) is 6.13. The molecule has 2 aliphatic carbocycles. The van der Waals surface area contributed by atoms with Gasteiger partial charge in [-0.25, -0.2) is 4.98 Å². The Bertz CT molecular complexity index is 441. The van der Waals surface area contributed by atoms with E-state index >= 15 is 0 Å². The molecule has 0 amide bonds. The summed E-state index contributed by atoms with van der Waals surface area (Å²) >= 11 is 0. The maximum atomic E-state index is 4.84. The van der Waals surface area contributed by atoms with Gasteiger partial charge in [-0.2, -0.15) is 0 Å². The Kier molecular flexibility index (Phi) is 2.54. The van der Waals surface area contributed by atoms with Crippen molar-refractivity contribution in [3.63, 3.8) is 0 Å². The van der Waals surface area contributed by atoms with Crippen molar-refractivity contribution >= 4 is 5.82 Å². The third-order valence-corrected chi connectivity index (χ3v) is 4.64. The Balaban J connectivity index is 1.48. The minimum Gasteiger partial charge on any atom is -0.353 e. The van der Waals surface area contributed by atoms with E-state index in [2.05, 4.69) is 28.4 Å². The molecule has 1 aromatic heterocycles. The molecule has 3 heteroatoms. The van der Waals surface area contributed by atoms with Crippen LogP contribution in [0.5, 0.6) is 0 Å². The van der Waals surface area contributed by atoms with Gasteiger partial charge < -0.3 is 10.2 Å². The van der Waals surface area contributed by atoms with Crippen LogP contribution in [0, 0.1) is 5.92 Å². The highest BCUT2D eigenvalue weighted by atomic mass is 15.2. The van der Waals surface area contributed by atoms with Crippen LogP contribution >= 0.6 is 0 Å². The molecule has 2 atom stereocenters. The molecule has 1 aliphatic heterocycles. The predicted molar refractivity (Wildman–Crippen MR) is 72.6 cm³/mol. The molecule has 0 radical (unpaired) electrons. The molecular formula is C15H21N3. The molecule has 3 aliphatic rings. The molecular weight excluding hydrogens is 222 g/mol. The lowest BCUT2D eigenvalue weighted by molar-refractivity contribution is 0.549. The molecule has 3 nitrogen and oxygen atoms in total. The molecule has 18 heavy (non-hydrogen) atoms. The number of piperidine rings is 1. The number of fused-ring (bicyclic) bond motifs is 2. The zero-order valence-electron chi connectivity index (χ0n) is 10.8. The third-order valence-electron chi connectivity index (χ3n) is 4.64. The predicted octanol–water partition coefficient (Wildman–Crippen LogP) is 2.32. The number of anilines is 1. The van der Waals surface area contributed by atoms with Crippen LogP contribution in [0.3, 0.4) is 0 Å². The monoisotopic (exact) mass is 243 g/mol. The summed E-state index contributed by atoms with van der Waals surface area (Å²) in [6.07, 6.45) is 6.89. The van der Waals surface area contributed by atoms with E-state index in [4.69, 9.17) is 4.98 Å². The van der Waals surface area contributed by atoms with E-state index in [1.54, 1.807) is 0 Å². The summed E-state index contributed by atoms with van der Waals surface area (Å²) in [6.45, 7) is 2.16. The SMILES string of the molecule is c1cc(CNC2CC2)nc(N2CC3CCC2C3)c1. The lowest BCUT2D eigenvalue weighted by Crippen LogP contribution is -2.32. The second kappa shape index (κ2) is 4.23. The van der Waals surface area contributed by atoms with E-state index in [1.807, 2.05) is 0 Å². The first-order chi connectivity index (χ1) is 8.88. The number of aromatic nitrogens is 1. The van der Waals surface area contributed by atoms with E-state index in [0.717, 1.165) is 24.5 Å². The van der Waals surface area contributed by atoms with Crippen LogP contribution in [0.4, 0.5) is 5.82 Å². The number of rotatable bonds is 4. The van der Waals surface area contributed by atoms with Crippen molar-refractivity contribution in [1.29, 1.82) is 0 Å². The normalized spacial score (nSPS) is 30.1. The van der Waals surface area contributed by atoms with Gasteiger partial charge in [0.25, 0.3) is 0 Å². The Morgan fingerprint density at radius 3 is 2.89 bits per heavy atom. The molecule has 96 valence electrons. The number of nitrogens with zero attached hydrogens (tertiary/aromatic N) is 2. The largest absolute Gasteiger partial charge is 0.353 e. The number of nitrogens with one attached hydrogen (secondary N) is 1. The van der Waals surface area contributed by atoms with Crippen molar-refractivity contribution in [2.75, 3.05) is 11.4 Å². The van der Waals surface area contributed by atoms with Gasteiger partial charge in [-0.1, -0.05) is 6.07 Å². The van der Waals surface area contributed by atoms with E-state index < -0.39 is 0 Å². The van der Waals surface area contributed by atoms with Crippen molar-refractivity contribution in [1.82, 2.24) is 10.3 Å². The Labute approximate surface area is 109 Å². The van der Waals surface area contributed by atoms with Gasteiger partial charge in [-0.3, -0.25) is 0 Å². The van der Waals surface area contributed by atoms with E-state index in [0.29, 0.717) is 0 Å². The molecule has 0 spiro atoms. The first-order valence-electron chi connectivity index (χ1n) is 7.34. The van der Waals surface area contributed by atoms with Crippen molar-refractivity contribution in [2.24, 2.45) is 5.92 Å². The summed E-state index contributed by atoms with van der Waals surface area (Å²) < 4.78 is 0. The highest BCUT2D eigenvalue weighted by Gasteiger charge is 2.38. The van der Waals surface area contributed by atoms with E-state index in [-0.39, 0.29) is 0 Å². The standard InChI is InChI=1S/C15H21N3/c1-2-13(9-16-12-5-6-12)17-15(3-1)18-10-11-4-7-14(18)8-11/h1-3,11-12,14,16H,4-10H2. The van der Waals surface area contributed by atoms with Gasteiger partial charge in [-0.15, -0.1) is 0 Å². The zero-order chi connectivity index (χ0) is 11.9. The smallest absolute Gasteiger partial charge is 0.129 e. The minimum absolute atomic E-state index is 0.762. The van der Waals surface area contributed by atoms with E-state index in [9.17, 15) is 0 Å². The van der Waals surface area contributed by atoms with Gasteiger partial charge in [-0.05, 0) is 50.2 Å². The quantitative estimate of drug-likeness (QED) is 0.879. The summed E-state index contributed by atoms with van der Waals surface area (Å²) in [5.41, 5.74) is 1.20. The topological polar surface area (TPSA) is 28.2 Å². The number of pyridine rings is 1. The van der Waals surface area contributed by atoms with Crippen LogP contribution in [-0.4, -0.2) is 23.6 Å². The third kappa shape index (κ3) is 2.01. The van der Waals surface area contributed by atoms with Gasteiger partial charge in [0.1, 0.15) is 5.82 Å². The van der Waals surface area contributed by atoms with E-state index in [1.165, 1.54) is 50.2 Å². The van der Waals surface area contributed by atoms with Crippen molar-refractivity contribution < 1.29 is 0 Å². The molecule has 2 bridgehead atoms. The van der Waals surface area contributed by atoms with Crippen LogP contribution in [0.15, 0.2) is 18.2 Å². The maximum absolute atomic E-state index is 4.84. The zero-order valence-corrected chi connectivity index (χ0v) is 10.8.